The summed E-state index contributed by atoms with van der Waals surface area (Å²) in [6.07, 6.45) is 5.16. The Bertz CT molecular complexity index is 877. The minimum absolute atomic E-state index is 0. The van der Waals surface area contributed by atoms with E-state index < -0.39 is 0 Å². The second kappa shape index (κ2) is 10.9. The number of rotatable bonds is 5. The molecule has 0 aromatic carbocycles. The molecule has 2 aliphatic heterocycles. The maximum absolute atomic E-state index is 11.4. The fourth-order valence-electron chi connectivity index (χ4n) is 3.98. The van der Waals surface area contributed by atoms with Gasteiger partial charge in [0.05, 0.1) is 6.54 Å². The van der Waals surface area contributed by atoms with Gasteiger partial charge >= 0.3 is 0 Å². The summed E-state index contributed by atoms with van der Waals surface area (Å²) in [6.45, 7) is 5.46. The third-order valence-electron chi connectivity index (χ3n) is 5.77. The first-order valence-electron chi connectivity index (χ1n) is 10.3. The van der Waals surface area contributed by atoms with E-state index in [2.05, 4.69) is 29.7 Å². The minimum atomic E-state index is -0.205. The number of piperidine rings is 1. The van der Waals surface area contributed by atoms with Gasteiger partial charge in [-0.3, -0.25) is 4.79 Å². The Labute approximate surface area is 203 Å². The molecule has 0 saturated carbocycles. The first kappa shape index (κ1) is 23.5. The van der Waals surface area contributed by atoms with Crippen LogP contribution in [0.3, 0.4) is 0 Å². The molecular formula is C20H29IN8OS. The van der Waals surface area contributed by atoms with Crippen molar-refractivity contribution < 1.29 is 4.79 Å². The molecular weight excluding hydrogens is 527 g/mol. The molecule has 4 N–H and O–H groups in total. The Balaban J connectivity index is 0.00000272. The highest BCUT2D eigenvalue weighted by atomic mass is 127. The number of aromatic nitrogens is 2. The predicted molar refractivity (Wildman–Crippen MR) is 135 cm³/mol. The Morgan fingerprint density at radius 2 is 1.81 bits per heavy atom. The molecule has 0 spiro atoms. The fourth-order valence-corrected chi connectivity index (χ4v) is 4.68. The highest BCUT2D eigenvalue weighted by Gasteiger charge is 2.25. The lowest BCUT2D eigenvalue weighted by atomic mass is 9.96. The fraction of sp³-hybridized carbons (Fsp3) is 0.500. The number of pyridine rings is 1. The smallest absolute Gasteiger partial charge is 0.220 e. The van der Waals surface area contributed by atoms with E-state index in [1.54, 1.807) is 17.5 Å². The molecule has 0 atom stereocenters. The number of piperazine rings is 1. The van der Waals surface area contributed by atoms with Crippen LogP contribution in [-0.2, 0) is 11.3 Å². The van der Waals surface area contributed by atoms with Gasteiger partial charge in [-0.05, 0) is 18.9 Å². The summed E-state index contributed by atoms with van der Waals surface area (Å²) in [6, 6.07) is 3.97. The first-order valence-corrected chi connectivity index (χ1v) is 11.2. The van der Waals surface area contributed by atoms with Crippen molar-refractivity contribution >= 4 is 58.1 Å². The number of anilines is 2. The molecule has 11 heteroatoms. The number of hydrogen-bond donors (Lipinski definition) is 2. The van der Waals surface area contributed by atoms with Gasteiger partial charge in [-0.2, -0.15) is 0 Å². The number of thiazole rings is 1. The van der Waals surface area contributed by atoms with Crippen LogP contribution in [0.15, 0.2) is 34.9 Å². The number of carbonyl (C=O) groups excluding carboxylic acids is 1. The quantitative estimate of drug-likeness (QED) is 0.326. The average molecular weight is 556 g/mol. The minimum Gasteiger partial charge on any atom is -0.370 e. The number of nitrogens with two attached hydrogens (primary N) is 2. The monoisotopic (exact) mass is 556 g/mol. The van der Waals surface area contributed by atoms with Crippen LogP contribution in [-0.4, -0.2) is 66.0 Å². The molecule has 2 saturated heterocycles. The third-order valence-corrected chi connectivity index (χ3v) is 6.60. The van der Waals surface area contributed by atoms with E-state index in [4.69, 9.17) is 11.5 Å². The molecule has 2 aliphatic rings. The highest BCUT2D eigenvalue weighted by molar-refractivity contribution is 14.0. The molecule has 4 rings (SSSR count). The molecule has 0 unspecified atom stereocenters. The standard InChI is InChI=1S/C20H28N8OS.HI/c21-17(29)15-3-7-26(8-4-15)18-16(2-1-5-23-18)14-25-19(22)27-9-11-28(12-10-27)20-24-6-13-30-20;/h1-2,5-6,13,15H,3-4,7-12,14H2,(H2,21,29)(H2,22,25);1H. The van der Waals surface area contributed by atoms with Crippen molar-refractivity contribution in [3.05, 3.63) is 35.5 Å². The Hall–Kier alpha value is -2.15. The lowest BCUT2D eigenvalue weighted by Crippen LogP contribution is -2.51. The van der Waals surface area contributed by atoms with Crippen LogP contribution in [0.5, 0.6) is 0 Å². The van der Waals surface area contributed by atoms with E-state index in [9.17, 15) is 4.79 Å². The molecule has 1 amide bonds. The van der Waals surface area contributed by atoms with Crippen LogP contribution in [0.4, 0.5) is 10.9 Å². The zero-order chi connectivity index (χ0) is 20.9. The lowest BCUT2D eigenvalue weighted by Gasteiger charge is -2.35. The van der Waals surface area contributed by atoms with Gasteiger partial charge in [0.15, 0.2) is 11.1 Å². The normalized spacial score (nSPS) is 18.1. The molecule has 2 aromatic rings. The van der Waals surface area contributed by atoms with Crippen LogP contribution in [0.1, 0.15) is 18.4 Å². The average Bonchev–Trinajstić information content (AvgIpc) is 3.33. The van der Waals surface area contributed by atoms with Gasteiger partial charge in [-0.15, -0.1) is 35.3 Å². The SMILES string of the molecule is I.NC(=O)C1CCN(c2ncccc2CN=C(N)N2CCN(c3nccs3)CC2)CC1. The summed E-state index contributed by atoms with van der Waals surface area (Å²) in [4.78, 5) is 31.7. The van der Waals surface area contributed by atoms with E-state index >= 15 is 0 Å². The number of hydrogen-bond acceptors (Lipinski definition) is 7. The first-order chi connectivity index (χ1) is 14.6. The molecule has 4 heterocycles. The number of primary amides is 1. The molecule has 9 nitrogen and oxygen atoms in total. The Morgan fingerprint density at radius 1 is 1.06 bits per heavy atom. The maximum Gasteiger partial charge on any atom is 0.220 e. The van der Waals surface area contributed by atoms with Crippen LogP contribution in [0.25, 0.3) is 0 Å². The van der Waals surface area contributed by atoms with Crippen LogP contribution < -0.4 is 21.3 Å². The summed E-state index contributed by atoms with van der Waals surface area (Å²) >= 11 is 1.66. The molecule has 2 fully saturated rings. The molecule has 168 valence electrons. The summed E-state index contributed by atoms with van der Waals surface area (Å²) < 4.78 is 0. The zero-order valence-electron chi connectivity index (χ0n) is 17.4. The number of halogens is 1. The van der Waals surface area contributed by atoms with E-state index in [0.717, 1.165) is 68.6 Å². The van der Waals surface area contributed by atoms with Gasteiger partial charge in [0.1, 0.15) is 5.82 Å². The molecule has 0 bridgehead atoms. The van der Waals surface area contributed by atoms with E-state index in [0.29, 0.717) is 12.5 Å². The van der Waals surface area contributed by atoms with Gasteiger partial charge in [0.25, 0.3) is 0 Å². The van der Waals surface area contributed by atoms with Gasteiger partial charge in [0, 0.05) is 68.5 Å². The van der Waals surface area contributed by atoms with Crippen LogP contribution in [0, 0.1) is 5.92 Å². The van der Waals surface area contributed by atoms with Gasteiger partial charge in [-0.1, -0.05) is 6.07 Å². The second-order valence-corrected chi connectivity index (χ2v) is 8.49. The lowest BCUT2D eigenvalue weighted by molar-refractivity contribution is -0.122. The van der Waals surface area contributed by atoms with E-state index in [-0.39, 0.29) is 35.8 Å². The second-order valence-electron chi connectivity index (χ2n) is 7.61. The van der Waals surface area contributed by atoms with Crippen molar-refractivity contribution in [2.24, 2.45) is 22.4 Å². The van der Waals surface area contributed by atoms with Crippen molar-refractivity contribution in [2.75, 3.05) is 49.1 Å². The van der Waals surface area contributed by atoms with E-state index in [1.165, 1.54) is 0 Å². The topological polar surface area (TPSA) is 117 Å². The molecule has 0 radical (unpaired) electrons. The summed E-state index contributed by atoms with van der Waals surface area (Å²) in [5.41, 5.74) is 12.8. The van der Waals surface area contributed by atoms with Crippen molar-refractivity contribution in [2.45, 2.75) is 19.4 Å². The molecule has 0 aliphatic carbocycles. The van der Waals surface area contributed by atoms with Crippen molar-refractivity contribution in [3.63, 3.8) is 0 Å². The van der Waals surface area contributed by atoms with Crippen molar-refractivity contribution in [1.82, 2.24) is 14.9 Å². The number of guanidine groups is 1. The Kier molecular flexibility index (Phi) is 8.29. The van der Waals surface area contributed by atoms with Crippen LogP contribution in [0.2, 0.25) is 0 Å². The van der Waals surface area contributed by atoms with Crippen molar-refractivity contribution in [3.8, 4) is 0 Å². The highest BCUT2D eigenvalue weighted by Crippen LogP contribution is 2.25. The largest absolute Gasteiger partial charge is 0.370 e. The third kappa shape index (κ3) is 5.76. The molecule has 2 aromatic heterocycles. The van der Waals surface area contributed by atoms with Crippen molar-refractivity contribution in [1.29, 1.82) is 0 Å². The van der Waals surface area contributed by atoms with E-state index in [1.807, 2.05) is 23.7 Å². The number of carbonyl (C=O) groups is 1. The predicted octanol–water partition coefficient (Wildman–Crippen LogP) is 1.49. The molecule has 31 heavy (non-hydrogen) atoms. The van der Waals surface area contributed by atoms with Crippen LogP contribution >= 0.6 is 35.3 Å². The van der Waals surface area contributed by atoms with Gasteiger partial charge in [0.2, 0.25) is 5.91 Å². The number of aliphatic imine (C=N–C) groups is 1. The summed E-state index contributed by atoms with van der Waals surface area (Å²) in [5.74, 6) is 1.25. The van der Waals surface area contributed by atoms with Gasteiger partial charge in [-0.25, -0.2) is 15.0 Å². The Morgan fingerprint density at radius 3 is 2.45 bits per heavy atom. The maximum atomic E-state index is 11.4. The van der Waals surface area contributed by atoms with Gasteiger partial charge < -0.3 is 26.2 Å². The number of amides is 1. The summed E-state index contributed by atoms with van der Waals surface area (Å²) in [7, 11) is 0. The summed E-state index contributed by atoms with van der Waals surface area (Å²) in [5, 5.41) is 3.06. The zero-order valence-corrected chi connectivity index (χ0v) is 20.5. The number of nitrogens with zero attached hydrogens (tertiary/aromatic N) is 6.